The van der Waals surface area contributed by atoms with Gasteiger partial charge in [0.1, 0.15) is 0 Å². The van der Waals surface area contributed by atoms with Crippen LogP contribution in [-0.2, 0) is 9.59 Å². The van der Waals surface area contributed by atoms with Crippen LogP contribution < -0.4 is 0 Å². The molecule has 2 aliphatic carbocycles. The number of carbonyl (C=O) groups is 2. The second kappa shape index (κ2) is 7.09. The molecule has 0 saturated heterocycles. The smallest absolute Gasteiger partial charge is 0.306 e. The Morgan fingerprint density at radius 3 is 1.80 bits per heavy atom. The van der Waals surface area contributed by atoms with Gasteiger partial charge in [-0.1, -0.05) is 38.5 Å². The van der Waals surface area contributed by atoms with E-state index in [1.165, 1.54) is 38.5 Å². The van der Waals surface area contributed by atoms with E-state index in [9.17, 15) is 19.8 Å². The van der Waals surface area contributed by atoms with Crippen molar-refractivity contribution >= 4 is 11.9 Å². The Hall–Kier alpha value is -1.06. The van der Waals surface area contributed by atoms with Crippen LogP contribution in [0.1, 0.15) is 64.2 Å². The monoisotopic (exact) mass is 282 g/mol. The van der Waals surface area contributed by atoms with Gasteiger partial charge in [0, 0.05) is 0 Å². The first-order chi connectivity index (χ1) is 9.58. The summed E-state index contributed by atoms with van der Waals surface area (Å²) in [5.74, 6) is -1.53. The molecular weight excluding hydrogens is 256 g/mol. The Labute approximate surface area is 120 Å². The van der Waals surface area contributed by atoms with E-state index in [0.717, 1.165) is 6.42 Å². The quantitative estimate of drug-likeness (QED) is 0.776. The summed E-state index contributed by atoms with van der Waals surface area (Å²) in [6.45, 7) is 0. The summed E-state index contributed by atoms with van der Waals surface area (Å²) >= 11 is 0. The van der Waals surface area contributed by atoms with Gasteiger partial charge in [-0.05, 0) is 37.5 Å². The van der Waals surface area contributed by atoms with E-state index < -0.39 is 23.8 Å². The highest BCUT2D eigenvalue weighted by Crippen LogP contribution is 2.40. The van der Waals surface area contributed by atoms with Gasteiger partial charge in [-0.25, -0.2) is 0 Å². The van der Waals surface area contributed by atoms with Crippen molar-refractivity contribution in [3.05, 3.63) is 0 Å². The lowest BCUT2D eigenvalue weighted by Crippen LogP contribution is -2.22. The predicted octanol–water partition coefficient (Wildman–Crippen LogP) is 3.55. The van der Waals surface area contributed by atoms with Crippen molar-refractivity contribution in [2.75, 3.05) is 0 Å². The van der Waals surface area contributed by atoms with Crippen molar-refractivity contribution in [3.63, 3.8) is 0 Å². The lowest BCUT2D eigenvalue weighted by molar-refractivity contribution is -0.145. The van der Waals surface area contributed by atoms with Crippen LogP contribution in [0.15, 0.2) is 0 Å². The Bertz CT molecular complexity index is 344. The Morgan fingerprint density at radius 2 is 1.25 bits per heavy atom. The van der Waals surface area contributed by atoms with Crippen molar-refractivity contribution in [3.8, 4) is 0 Å². The fourth-order valence-corrected chi connectivity index (χ4v) is 4.09. The molecule has 0 bridgehead atoms. The van der Waals surface area contributed by atoms with Crippen molar-refractivity contribution in [2.24, 2.45) is 23.7 Å². The van der Waals surface area contributed by atoms with Gasteiger partial charge in [-0.3, -0.25) is 9.59 Å². The van der Waals surface area contributed by atoms with Crippen LogP contribution in [0.25, 0.3) is 0 Å². The number of hydrogen-bond acceptors (Lipinski definition) is 2. The zero-order chi connectivity index (χ0) is 14.5. The maximum Gasteiger partial charge on any atom is 0.306 e. The summed E-state index contributed by atoms with van der Waals surface area (Å²) < 4.78 is 0. The van der Waals surface area contributed by atoms with Crippen molar-refractivity contribution < 1.29 is 19.8 Å². The molecule has 4 heteroatoms. The SMILES string of the molecule is O=C(O)C1CCC(C2CCCCCC2)CC(C(=O)O)C1. The number of carboxylic acids is 2. The van der Waals surface area contributed by atoms with Crippen LogP contribution in [0.4, 0.5) is 0 Å². The molecule has 0 heterocycles. The van der Waals surface area contributed by atoms with E-state index in [2.05, 4.69) is 0 Å². The molecule has 0 aromatic rings. The van der Waals surface area contributed by atoms with Crippen LogP contribution in [-0.4, -0.2) is 22.2 Å². The third-order valence-electron chi connectivity index (χ3n) is 5.31. The summed E-state index contributed by atoms with van der Waals surface area (Å²) in [6, 6.07) is 0. The second-order valence-corrected chi connectivity index (χ2v) is 6.63. The van der Waals surface area contributed by atoms with Gasteiger partial charge in [0.2, 0.25) is 0 Å². The highest BCUT2D eigenvalue weighted by Gasteiger charge is 2.35. The van der Waals surface area contributed by atoms with Crippen molar-refractivity contribution in [1.82, 2.24) is 0 Å². The van der Waals surface area contributed by atoms with Gasteiger partial charge in [0.25, 0.3) is 0 Å². The van der Waals surface area contributed by atoms with E-state index in [0.29, 0.717) is 31.1 Å². The van der Waals surface area contributed by atoms with E-state index in [1.807, 2.05) is 0 Å². The molecule has 0 aliphatic heterocycles. The first kappa shape index (κ1) is 15.3. The summed E-state index contributed by atoms with van der Waals surface area (Å²) in [6.07, 6.45) is 10.0. The zero-order valence-electron chi connectivity index (χ0n) is 12.1. The first-order valence-corrected chi connectivity index (χ1v) is 8.03. The lowest BCUT2D eigenvalue weighted by Gasteiger charge is -2.26. The fourth-order valence-electron chi connectivity index (χ4n) is 4.09. The molecule has 114 valence electrons. The lowest BCUT2D eigenvalue weighted by atomic mass is 9.79. The predicted molar refractivity (Wildman–Crippen MR) is 75.4 cm³/mol. The Balaban J connectivity index is 2.05. The van der Waals surface area contributed by atoms with E-state index in [1.54, 1.807) is 0 Å². The van der Waals surface area contributed by atoms with Crippen LogP contribution in [0.2, 0.25) is 0 Å². The molecule has 2 fully saturated rings. The minimum Gasteiger partial charge on any atom is -0.481 e. The van der Waals surface area contributed by atoms with Crippen molar-refractivity contribution in [2.45, 2.75) is 64.2 Å². The molecule has 2 N–H and O–H groups in total. The van der Waals surface area contributed by atoms with Gasteiger partial charge in [-0.2, -0.15) is 0 Å². The molecule has 2 rings (SSSR count). The fraction of sp³-hybridized carbons (Fsp3) is 0.875. The molecule has 20 heavy (non-hydrogen) atoms. The van der Waals surface area contributed by atoms with Crippen LogP contribution in [0.3, 0.4) is 0 Å². The first-order valence-electron chi connectivity index (χ1n) is 8.03. The average Bonchev–Trinajstić information content (AvgIpc) is 2.79. The van der Waals surface area contributed by atoms with Gasteiger partial charge < -0.3 is 10.2 Å². The van der Waals surface area contributed by atoms with Crippen LogP contribution in [0, 0.1) is 23.7 Å². The number of rotatable bonds is 3. The minimum atomic E-state index is -0.822. The molecule has 0 radical (unpaired) electrons. The summed E-state index contributed by atoms with van der Waals surface area (Å²) in [5, 5.41) is 18.6. The molecule has 4 nitrogen and oxygen atoms in total. The Kier molecular flexibility index (Phi) is 5.44. The molecule has 3 unspecified atom stereocenters. The molecule has 0 aromatic carbocycles. The van der Waals surface area contributed by atoms with Crippen molar-refractivity contribution in [1.29, 1.82) is 0 Å². The standard InChI is InChI=1S/C16H26O4/c17-15(18)13-8-7-12(9-14(10-13)16(19)20)11-5-3-1-2-4-6-11/h11-14H,1-10H2,(H,17,18)(H,19,20). The average molecular weight is 282 g/mol. The summed E-state index contributed by atoms with van der Waals surface area (Å²) in [5.41, 5.74) is 0. The topological polar surface area (TPSA) is 74.6 Å². The van der Waals surface area contributed by atoms with Crippen LogP contribution >= 0.6 is 0 Å². The summed E-state index contributed by atoms with van der Waals surface area (Å²) in [4.78, 5) is 22.6. The normalized spacial score (nSPS) is 33.1. The van der Waals surface area contributed by atoms with E-state index >= 15 is 0 Å². The maximum absolute atomic E-state index is 11.4. The van der Waals surface area contributed by atoms with Gasteiger partial charge in [-0.15, -0.1) is 0 Å². The maximum atomic E-state index is 11.4. The molecule has 0 aromatic heterocycles. The summed E-state index contributed by atoms with van der Waals surface area (Å²) in [7, 11) is 0. The molecular formula is C16H26O4. The molecule has 0 amide bonds. The molecule has 0 spiro atoms. The highest BCUT2D eigenvalue weighted by atomic mass is 16.4. The molecule has 3 atom stereocenters. The number of carboxylic acid groups (broad SMARTS) is 2. The third-order valence-corrected chi connectivity index (χ3v) is 5.31. The molecule has 2 saturated carbocycles. The number of hydrogen-bond donors (Lipinski definition) is 2. The van der Waals surface area contributed by atoms with E-state index in [4.69, 9.17) is 0 Å². The number of aliphatic carboxylic acids is 2. The Morgan fingerprint density at radius 1 is 0.650 bits per heavy atom. The minimum absolute atomic E-state index is 0.313. The second-order valence-electron chi connectivity index (χ2n) is 6.63. The largest absolute Gasteiger partial charge is 0.481 e. The molecule has 2 aliphatic rings. The highest BCUT2D eigenvalue weighted by molar-refractivity contribution is 5.74. The zero-order valence-corrected chi connectivity index (χ0v) is 12.1. The van der Waals surface area contributed by atoms with Crippen LogP contribution in [0.5, 0.6) is 0 Å². The van der Waals surface area contributed by atoms with Gasteiger partial charge in [0.15, 0.2) is 0 Å². The van der Waals surface area contributed by atoms with Gasteiger partial charge in [0.05, 0.1) is 11.8 Å². The van der Waals surface area contributed by atoms with Gasteiger partial charge >= 0.3 is 11.9 Å². The third kappa shape index (κ3) is 3.97. The van der Waals surface area contributed by atoms with E-state index in [-0.39, 0.29) is 0 Å².